The molecule has 0 aromatic heterocycles. The van der Waals surface area contributed by atoms with Crippen molar-refractivity contribution in [1.29, 1.82) is 0 Å². The lowest BCUT2D eigenvalue weighted by Crippen LogP contribution is -2.40. The second-order valence-electron chi connectivity index (χ2n) is 5.22. The highest BCUT2D eigenvalue weighted by atomic mass is 16.5. The van der Waals surface area contributed by atoms with Crippen LogP contribution in [0.2, 0.25) is 0 Å². The van der Waals surface area contributed by atoms with Crippen molar-refractivity contribution in [2.75, 3.05) is 0 Å². The van der Waals surface area contributed by atoms with Crippen molar-refractivity contribution < 1.29 is 9.53 Å². The zero-order valence-electron chi connectivity index (χ0n) is 10.5. The fraction of sp³-hybridized carbons (Fsp3) is 0.769. The molecule has 0 radical (unpaired) electrons. The Morgan fingerprint density at radius 1 is 1.47 bits per heavy atom. The zero-order chi connectivity index (χ0) is 11.6. The first-order chi connectivity index (χ1) is 6.91. The van der Waals surface area contributed by atoms with Crippen LogP contribution in [0.4, 0.5) is 0 Å². The molecule has 0 aromatic carbocycles. The van der Waals surface area contributed by atoms with E-state index >= 15 is 0 Å². The van der Waals surface area contributed by atoms with Gasteiger partial charge < -0.3 is 4.74 Å². The Morgan fingerprint density at radius 3 is 2.60 bits per heavy atom. The van der Waals surface area contributed by atoms with Gasteiger partial charge in [-0.1, -0.05) is 25.0 Å². The highest BCUT2D eigenvalue weighted by Gasteiger charge is 2.40. The minimum absolute atomic E-state index is 0.00644. The van der Waals surface area contributed by atoms with Gasteiger partial charge in [-0.2, -0.15) is 0 Å². The van der Waals surface area contributed by atoms with Crippen LogP contribution in [0.3, 0.4) is 0 Å². The molecule has 0 saturated carbocycles. The molecule has 0 N–H and O–H groups in total. The average Bonchev–Trinajstić information content (AvgIpc) is 2.15. The van der Waals surface area contributed by atoms with E-state index in [0.29, 0.717) is 12.4 Å². The van der Waals surface area contributed by atoms with E-state index in [1.165, 1.54) is 11.1 Å². The first kappa shape index (κ1) is 12.3. The molecule has 0 spiro atoms. The Bertz CT molecular complexity index is 274. The maximum Gasteiger partial charge on any atom is 0.293 e. The second-order valence-corrected chi connectivity index (χ2v) is 5.22. The van der Waals surface area contributed by atoms with Crippen LogP contribution in [0.25, 0.3) is 0 Å². The number of carbonyl (C=O) groups is 1. The van der Waals surface area contributed by atoms with Gasteiger partial charge in [0.2, 0.25) is 0 Å². The molecule has 0 aromatic rings. The molecule has 3 atom stereocenters. The highest BCUT2D eigenvalue weighted by molar-refractivity contribution is 5.37. The van der Waals surface area contributed by atoms with Gasteiger partial charge in [0, 0.05) is 5.41 Å². The molecule has 0 fully saturated rings. The van der Waals surface area contributed by atoms with E-state index in [2.05, 4.69) is 27.7 Å². The van der Waals surface area contributed by atoms with Crippen molar-refractivity contribution in [3.8, 4) is 0 Å². The lowest BCUT2D eigenvalue weighted by Gasteiger charge is -2.43. The molecule has 0 heterocycles. The predicted molar refractivity (Wildman–Crippen MR) is 61.5 cm³/mol. The SMILES string of the molecule is CC1=C(C)C[C@@](C)(C(C)OC=O)[C@@H](C)C1. The minimum Gasteiger partial charge on any atom is -0.464 e. The molecule has 0 amide bonds. The molecule has 0 saturated heterocycles. The van der Waals surface area contributed by atoms with Gasteiger partial charge in [0.05, 0.1) is 0 Å². The van der Waals surface area contributed by atoms with Crippen molar-refractivity contribution in [3.05, 3.63) is 11.1 Å². The van der Waals surface area contributed by atoms with Crippen molar-refractivity contribution in [2.45, 2.75) is 53.6 Å². The van der Waals surface area contributed by atoms with Gasteiger partial charge >= 0.3 is 0 Å². The first-order valence-electron chi connectivity index (χ1n) is 5.66. The van der Waals surface area contributed by atoms with Gasteiger partial charge in [-0.25, -0.2) is 0 Å². The summed E-state index contributed by atoms with van der Waals surface area (Å²) in [6.07, 6.45) is 2.15. The number of ether oxygens (including phenoxy) is 1. The molecule has 1 aliphatic rings. The van der Waals surface area contributed by atoms with E-state index in [1.54, 1.807) is 0 Å². The minimum atomic E-state index is -0.00644. The van der Waals surface area contributed by atoms with Crippen LogP contribution in [0.5, 0.6) is 0 Å². The number of carbonyl (C=O) groups excluding carboxylic acids is 1. The lowest BCUT2D eigenvalue weighted by atomic mass is 9.64. The van der Waals surface area contributed by atoms with Crippen LogP contribution in [0.15, 0.2) is 11.1 Å². The molecule has 2 heteroatoms. The summed E-state index contributed by atoms with van der Waals surface area (Å²) in [6.45, 7) is 11.4. The van der Waals surface area contributed by atoms with Gasteiger partial charge in [0.15, 0.2) is 0 Å². The van der Waals surface area contributed by atoms with Crippen molar-refractivity contribution in [3.63, 3.8) is 0 Å². The van der Waals surface area contributed by atoms with Crippen molar-refractivity contribution in [1.82, 2.24) is 0 Å². The molecular weight excluding hydrogens is 188 g/mol. The topological polar surface area (TPSA) is 26.3 Å². The Hall–Kier alpha value is -0.790. The molecule has 1 unspecified atom stereocenters. The summed E-state index contributed by atoms with van der Waals surface area (Å²) < 4.78 is 5.14. The van der Waals surface area contributed by atoms with Crippen LogP contribution < -0.4 is 0 Å². The van der Waals surface area contributed by atoms with Crippen LogP contribution in [0, 0.1) is 11.3 Å². The van der Waals surface area contributed by atoms with Crippen molar-refractivity contribution in [2.24, 2.45) is 11.3 Å². The van der Waals surface area contributed by atoms with E-state index in [4.69, 9.17) is 4.74 Å². The molecule has 2 nitrogen and oxygen atoms in total. The number of rotatable bonds is 3. The van der Waals surface area contributed by atoms with E-state index < -0.39 is 0 Å². The van der Waals surface area contributed by atoms with E-state index in [1.807, 2.05) is 6.92 Å². The lowest BCUT2D eigenvalue weighted by molar-refractivity contribution is -0.141. The molecule has 1 aliphatic carbocycles. The normalized spacial score (nSPS) is 33.8. The summed E-state index contributed by atoms with van der Waals surface area (Å²) in [5.74, 6) is 0.566. The Balaban J connectivity index is 2.89. The molecule has 1 rings (SSSR count). The molecule has 86 valence electrons. The summed E-state index contributed by atoms with van der Waals surface area (Å²) in [4.78, 5) is 10.4. The fourth-order valence-electron chi connectivity index (χ4n) is 2.55. The quantitative estimate of drug-likeness (QED) is 0.527. The molecular formula is C13H22O2. The molecule has 0 bridgehead atoms. The predicted octanol–water partition coefficient (Wildman–Crippen LogP) is 3.32. The van der Waals surface area contributed by atoms with Crippen LogP contribution in [0.1, 0.15) is 47.5 Å². The Labute approximate surface area is 92.7 Å². The zero-order valence-corrected chi connectivity index (χ0v) is 10.5. The monoisotopic (exact) mass is 210 g/mol. The average molecular weight is 210 g/mol. The van der Waals surface area contributed by atoms with E-state index in [9.17, 15) is 4.79 Å². The fourth-order valence-corrected chi connectivity index (χ4v) is 2.55. The third-order valence-corrected chi connectivity index (χ3v) is 4.30. The summed E-state index contributed by atoms with van der Waals surface area (Å²) in [5.41, 5.74) is 3.04. The first-order valence-corrected chi connectivity index (χ1v) is 5.66. The Morgan fingerprint density at radius 2 is 2.07 bits per heavy atom. The summed E-state index contributed by atoms with van der Waals surface area (Å²) in [5, 5.41) is 0. The van der Waals surface area contributed by atoms with Gasteiger partial charge in [-0.15, -0.1) is 0 Å². The molecule has 0 aliphatic heterocycles. The maximum atomic E-state index is 10.4. The largest absolute Gasteiger partial charge is 0.464 e. The third kappa shape index (κ3) is 2.24. The van der Waals surface area contributed by atoms with Crippen LogP contribution in [-0.2, 0) is 9.53 Å². The number of hydrogen-bond acceptors (Lipinski definition) is 2. The summed E-state index contributed by atoms with van der Waals surface area (Å²) in [6, 6.07) is 0. The summed E-state index contributed by atoms with van der Waals surface area (Å²) in [7, 11) is 0. The van der Waals surface area contributed by atoms with Crippen LogP contribution >= 0.6 is 0 Å². The number of allylic oxidation sites excluding steroid dienone is 2. The van der Waals surface area contributed by atoms with E-state index in [-0.39, 0.29) is 11.5 Å². The highest BCUT2D eigenvalue weighted by Crippen LogP contribution is 2.46. The maximum absolute atomic E-state index is 10.4. The van der Waals surface area contributed by atoms with Gasteiger partial charge in [0.25, 0.3) is 6.47 Å². The van der Waals surface area contributed by atoms with Crippen molar-refractivity contribution >= 4 is 6.47 Å². The van der Waals surface area contributed by atoms with Gasteiger partial charge in [0.1, 0.15) is 6.10 Å². The second kappa shape index (κ2) is 4.38. The summed E-state index contributed by atoms with van der Waals surface area (Å²) >= 11 is 0. The van der Waals surface area contributed by atoms with Gasteiger partial charge in [-0.3, -0.25) is 4.79 Å². The Kier molecular flexibility index (Phi) is 3.58. The van der Waals surface area contributed by atoms with E-state index in [0.717, 1.165) is 12.8 Å². The van der Waals surface area contributed by atoms with Gasteiger partial charge in [-0.05, 0) is 39.5 Å². The van der Waals surface area contributed by atoms with Crippen LogP contribution in [-0.4, -0.2) is 12.6 Å². The third-order valence-electron chi connectivity index (χ3n) is 4.30. The molecule has 15 heavy (non-hydrogen) atoms. The smallest absolute Gasteiger partial charge is 0.293 e. The standard InChI is InChI=1S/C13H22O2/c1-9-6-11(3)13(5,7-10(9)2)12(4)15-8-14/h8,11-12H,6-7H2,1-5H3/t11-,12?,13+/m0/s1. The number of hydrogen-bond donors (Lipinski definition) is 0.